The Kier molecular flexibility index (Phi) is 11.3. The van der Waals surface area contributed by atoms with E-state index in [1.165, 1.54) is 6.92 Å². The van der Waals surface area contributed by atoms with Crippen LogP contribution in [0.25, 0.3) is 0 Å². The van der Waals surface area contributed by atoms with Gasteiger partial charge in [-0.1, -0.05) is 6.58 Å². The molecule has 0 fully saturated rings. The molecule has 0 aromatic rings. The molecule has 0 heterocycles. The lowest BCUT2D eigenvalue weighted by Gasteiger charge is -2.14. The van der Waals surface area contributed by atoms with Crippen molar-refractivity contribution in [1.29, 1.82) is 0 Å². The summed E-state index contributed by atoms with van der Waals surface area (Å²) in [6.45, 7) is 10.6. The van der Waals surface area contributed by atoms with Crippen molar-refractivity contribution in [3.05, 3.63) is 12.2 Å². The fourth-order valence-corrected chi connectivity index (χ4v) is 0.556. The lowest BCUT2D eigenvalue weighted by molar-refractivity contribution is -0.163. The molecule has 0 aliphatic heterocycles. The van der Waals surface area contributed by atoms with E-state index < -0.39 is 17.4 Å². The molecular weight excluding hydrogens is 252 g/mol. The molecule has 0 bridgehead atoms. The highest BCUT2D eigenvalue weighted by Crippen LogP contribution is 2.15. The van der Waals surface area contributed by atoms with E-state index in [1.807, 2.05) is 0 Å². The number of aliphatic hydroxyl groups excluding tert-OH is 2. The van der Waals surface area contributed by atoms with Crippen LogP contribution in [0.5, 0.6) is 0 Å². The molecule has 0 aromatic carbocycles. The quantitative estimate of drug-likeness (QED) is 0.332. The molecule has 0 aliphatic rings. The molecule has 19 heavy (non-hydrogen) atoms. The second-order valence-corrected chi connectivity index (χ2v) is 4.77. The Bertz CT molecular complexity index is 286. The monoisotopic (exact) mass is 276 g/mol. The number of esters is 2. The van der Waals surface area contributed by atoms with E-state index >= 15 is 0 Å². The topological polar surface area (TPSA) is 93.1 Å². The van der Waals surface area contributed by atoms with Gasteiger partial charge < -0.3 is 19.7 Å². The van der Waals surface area contributed by atoms with Crippen LogP contribution in [-0.2, 0) is 19.1 Å². The van der Waals surface area contributed by atoms with E-state index in [-0.39, 0.29) is 18.8 Å². The van der Waals surface area contributed by atoms with Crippen molar-refractivity contribution in [1.82, 2.24) is 0 Å². The molecule has 6 nitrogen and oxygen atoms in total. The van der Waals surface area contributed by atoms with Crippen LogP contribution in [0.1, 0.15) is 27.7 Å². The van der Waals surface area contributed by atoms with Gasteiger partial charge in [0.1, 0.15) is 0 Å². The second-order valence-electron chi connectivity index (χ2n) is 4.77. The maximum absolute atomic E-state index is 11.1. The Balaban J connectivity index is 0. The predicted molar refractivity (Wildman–Crippen MR) is 70.4 cm³/mol. The second kappa shape index (κ2) is 10.7. The predicted octanol–water partition coefficient (Wildman–Crippen LogP) is 0.666. The lowest BCUT2D eigenvalue weighted by Crippen LogP contribution is -2.25. The highest BCUT2D eigenvalue weighted by atomic mass is 16.6. The van der Waals surface area contributed by atoms with Gasteiger partial charge in [0.05, 0.1) is 31.8 Å². The molecule has 0 aromatic heterocycles. The van der Waals surface area contributed by atoms with Gasteiger partial charge in [0.2, 0.25) is 0 Å². The van der Waals surface area contributed by atoms with Gasteiger partial charge in [-0.05, 0) is 27.7 Å². The molecule has 0 unspecified atom stereocenters. The van der Waals surface area contributed by atoms with Crippen molar-refractivity contribution >= 4 is 11.9 Å². The molecule has 0 radical (unpaired) electrons. The van der Waals surface area contributed by atoms with Crippen molar-refractivity contribution < 1.29 is 29.3 Å². The van der Waals surface area contributed by atoms with Gasteiger partial charge in [-0.25, -0.2) is 4.79 Å². The first-order valence-electron chi connectivity index (χ1n) is 5.88. The molecule has 0 rings (SSSR count). The maximum atomic E-state index is 11.1. The van der Waals surface area contributed by atoms with Gasteiger partial charge in [0, 0.05) is 5.57 Å². The summed E-state index contributed by atoms with van der Waals surface area (Å²) >= 11 is 0. The summed E-state index contributed by atoms with van der Waals surface area (Å²) in [5.41, 5.74) is -0.418. The molecule has 0 aliphatic carbocycles. The first-order valence-corrected chi connectivity index (χ1v) is 5.88. The van der Waals surface area contributed by atoms with Crippen LogP contribution in [0.2, 0.25) is 0 Å². The van der Waals surface area contributed by atoms with Crippen LogP contribution in [0, 0.1) is 5.41 Å². The van der Waals surface area contributed by atoms with Crippen LogP contribution >= 0.6 is 0 Å². The summed E-state index contributed by atoms with van der Waals surface area (Å²) in [6.07, 6.45) is 0. The van der Waals surface area contributed by atoms with Crippen molar-refractivity contribution in [3.8, 4) is 0 Å². The highest BCUT2D eigenvalue weighted by molar-refractivity contribution is 5.96. The smallest absolute Gasteiger partial charge is 0.340 e. The standard InChI is InChI=1S/C9H14O3.C4H10O3/c1-6(2)7(10)12-8(11)9(3,4)5;5-1-3-7-4-2-6/h1H2,2-5H3;5-6H,1-4H2. The maximum Gasteiger partial charge on any atom is 0.340 e. The number of hydrogen-bond acceptors (Lipinski definition) is 6. The Morgan fingerprint density at radius 3 is 1.79 bits per heavy atom. The van der Waals surface area contributed by atoms with Crippen LogP contribution in [0.3, 0.4) is 0 Å². The van der Waals surface area contributed by atoms with E-state index in [2.05, 4.69) is 16.1 Å². The van der Waals surface area contributed by atoms with E-state index in [4.69, 9.17) is 10.2 Å². The van der Waals surface area contributed by atoms with Crippen molar-refractivity contribution in [2.45, 2.75) is 27.7 Å². The zero-order chi connectivity index (χ0) is 15.5. The van der Waals surface area contributed by atoms with Crippen LogP contribution in [-0.4, -0.2) is 48.6 Å². The Hall–Kier alpha value is -1.24. The van der Waals surface area contributed by atoms with Crippen LogP contribution < -0.4 is 0 Å². The summed E-state index contributed by atoms with van der Waals surface area (Å²) in [7, 11) is 0. The third-order valence-corrected chi connectivity index (χ3v) is 1.62. The number of carbonyl (C=O) groups excluding carboxylic acids is 2. The molecule has 0 saturated carbocycles. The lowest BCUT2D eigenvalue weighted by atomic mass is 9.97. The summed E-state index contributed by atoms with van der Waals surface area (Å²) < 4.78 is 9.13. The number of carbonyl (C=O) groups is 2. The van der Waals surface area contributed by atoms with Gasteiger partial charge in [0.25, 0.3) is 0 Å². The third kappa shape index (κ3) is 13.0. The van der Waals surface area contributed by atoms with E-state index in [0.29, 0.717) is 13.2 Å². The van der Waals surface area contributed by atoms with E-state index in [1.54, 1.807) is 20.8 Å². The summed E-state index contributed by atoms with van der Waals surface area (Å²) in [5.74, 6) is -1.19. The minimum atomic E-state index is -0.657. The molecule has 112 valence electrons. The SMILES string of the molecule is C=C(C)C(=O)OC(=O)C(C)(C)C.OCCOCCO. The third-order valence-electron chi connectivity index (χ3n) is 1.62. The van der Waals surface area contributed by atoms with E-state index in [9.17, 15) is 9.59 Å². The molecular formula is C13H24O6. The average molecular weight is 276 g/mol. The number of rotatable bonds is 5. The molecule has 2 N–H and O–H groups in total. The fraction of sp³-hybridized carbons (Fsp3) is 0.692. The molecule has 0 amide bonds. The molecule has 0 atom stereocenters. The fourth-order valence-electron chi connectivity index (χ4n) is 0.556. The van der Waals surface area contributed by atoms with Gasteiger partial charge in [0.15, 0.2) is 0 Å². The number of hydrogen-bond donors (Lipinski definition) is 2. The number of ether oxygens (including phenoxy) is 2. The minimum Gasteiger partial charge on any atom is -0.394 e. The Morgan fingerprint density at radius 2 is 1.53 bits per heavy atom. The molecule has 0 saturated heterocycles. The van der Waals surface area contributed by atoms with Crippen molar-refractivity contribution in [2.24, 2.45) is 5.41 Å². The van der Waals surface area contributed by atoms with Gasteiger partial charge in [-0.15, -0.1) is 0 Å². The number of aliphatic hydroxyl groups is 2. The first kappa shape index (κ1) is 20.1. The minimum absolute atomic E-state index is 0.0278. The molecule has 0 spiro atoms. The van der Waals surface area contributed by atoms with E-state index in [0.717, 1.165) is 0 Å². The Morgan fingerprint density at radius 1 is 1.11 bits per heavy atom. The summed E-state index contributed by atoms with van der Waals surface area (Å²) in [4.78, 5) is 22.0. The van der Waals surface area contributed by atoms with Crippen LogP contribution in [0.15, 0.2) is 12.2 Å². The van der Waals surface area contributed by atoms with Crippen molar-refractivity contribution in [3.63, 3.8) is 0 Å². The van der Waals surface area contributed by atoms with Crippen molar-refractivity contribution in [2.75, 3.05) is 26.4 Å². The summed E-state index contributed by atoms with van der Waals surface area (Å²) in [5, 5.41) is 16.2. The zero-order valence-electron chi connectivity index (χ0n) is 12.1. The Labute approximate surface area is 114 Å². The summed E-state index contributed by atoms with van der Waals surface area (Å²) in [6, 6.07) is 0. The molecule has 6 heteroatoms. The highest BCUT2D eigenvalue weighted by Gasteiger charge is 2.25. The normalized spacial score (nSPS) is 10.2. The van der Waals surface area contributed by atoms with Gasteiger partial charge in [-0.3, -0.25) is 4.79 Å². The average Bonchev–Trinajstić information content (AvgIpc) is 2.29. The first-order chi connectivity index (χ1) is 8.66. The van der Waals surface area contributed by atoms with Gasteiger partial charge in [-0.2, -0.15) is 0 Å². The largest absolute Gasteiger partial charge is 0.394 e. The zero-order valence-corrected chi connectivity index (χ0v) is 12.1. The van der Waals surface area contributed by atoms with Gasteiger partial charge >= 0.3 is 11.9 Å². The van der Waals surface area contributed by atoms with Crippen LogP contribution in [0.4, 0.5) is 0 Å².